The van der Waals surface area contributed by atoms with Crippen molar-refractivity contribution >= 4 is 28.6 Å². The third kappa shape index (κ3) is 3.94. The second-order valence-corrected chi connectivity index (χ2v) is 9.27. The van der Waals surface area contributed by atoms with Crippen molar-refractivity contribution in [3.8, 4) is 11.5 Å². The summed E-state index contributed by atoms with van der Waals surface area (Å²) >= 11 is 2.03. The van der Waals surface area contributed by atoms with Crippen LogP contribution in [0, 0.1) is 3.57 Å². The summed E-state index contributed by atoms with van der Waals surface area (Å²) in [6.07, 6.45) is 3.71. The number of benzene rings is 1. The van der Waals surface area contributed by atoms with Gasteiger partial charge < -0.3 is 24.1 Å². The Hall–Kier alpha value is -2.33. The van der Waals surface area contributed by atoms with Crippen molar-refractivity contribution < 1.29 is 28.9 Å². The zero-order chi connectivity index (χ0) is 23.0. The summed E-state index contributed by atoms with van der Waals surface area (Å²) in [4.78, 5) is 26.2. The number of phenolic OH excluding ortho intramolecular Hbond substituents is 1. The number of hydrogen-bond donors (Lipinski definition) is 2. The zero-order valence-corrected chi connectivity index (χ0v) is 20.1. The van der Waals surface area contributed by atoms with Crippen molar-refractivity contribution in [2.24, 2.45) is 0 Å². The van der Waals surface area contributed by atoms with Gasteiger partial charge in [-0.05, 0) is 67.0 Å². The number of allylic oxidation sites excluding steroid dienone is 1. The van der Waals surface area contributed by atoms with Crippen LogP contribution in [0.2, 0.25) is 0 Å². The van der Waals surface area contributed by atoms with Gasteiger partial charge in [0.25, 0.3) is 0 Å². The van der Waals surface area contributed by atoms with E-state index in [1.165, 1.54) is 12.1 Å². The molecular weight excluding hydrogens is 527 g/mol. The minimum atomic E-state index is -1.23. The molecule has 1 aromatic carbocycles. The summed E-state index contributed by atoms with van der Waals surface area (Å²) in [5.41, 5.74) is -1.05. The first kappa shape index (κ1) is 22.8. The minimum absolute atomic E-state index is 0.00336. The quantitative estimate of drug-likeness (QED) is 0.426. The monoisotopic (exact) mass is 552 g/mol. The van der Waals surface area contributed by atoms with Gasteiger partial charge in [0.15, 0.2) is 11.5 Å². The maximum absolute atomic E-state index is 13.3. The summed E-state index contributed by atoms with van der Waals surface area (Å²) in [7, 11) is 0. The molecule has 1 atom stereocenters. The lowest BCUT2D eigenvalue weighted by atomic mass is 9.80. The van der Waals surface area contributed by atoms with E-state index in [1.54, 1.807) is 26.0 Å². The van der Waals surface area contributed by atoms with E-state index in [9.17, 15) is 19.8 Å². The predicted molar refractivity (Wildman–Crippen MR) is 125 cm³/mol. The van der Waals surface area contributed by atoms with Crippen molar-refractivity contribution in [2.75, 3.05) is 6.61 Å². The summed E-state index contributed by atoms with van der Waals surface area (Å²) in [5.74, 6) is -0.658. The van der Waals surface area contributed by atoms with E-state index >= 15 is 0 Å². The zero-order valence-electron chi connectivity index (χ0n) is 17.9. The van der Waals surface area contributed by atoms with Gasteiger partial charge in [-0.3, -0.25) is 0 Å². The molecule has 1 fully saturated rings. The average Bonchev–Trinajstić information content (AvgIpc) is 2.76. The van der Waals surface area contributed by atoms with Gasteiger partial charge in [-0.25, -0.2) is 9.59 Å². The Labute approximate surface area is 199 Å². The fourth-order valence-electron chi connectivity index (χ4n) is 4.58. The van der Waals surface area contributed by atoms with Crippen LogP contribution in [-0.2, 0) is 15.1 Å². The highest BCUT2D eigenvalue weighted by Crippen LogP contribution is 2.48. The SMILES string of the molecule is CCOC(=O)C1=C(C)Oc2c(I)c(C3(O)CCCCC3)oc(=O)c2C1c1cccc(O)c1. The Morgan fingerprint density at radius 2 is 2.00 bits per heavy atom. The average molecular weight is 552 g/mol. The summed E-state index contributed by atoms with van der Waals surface area (Å²) in [5, 5.41) is 21.3. The van der Waals surface area contributed by atoms with Crippen molar-refractivity contribution in [2.45, 2.75) is 57.5 Å². The van der Waals surface area contributed by atoms with Crippen LogP contribution in [0.5, 0.6) is 11.5 Å². The largest absolute Gasteiger partial charge is 0.508 e. The molecule has 0 spiro atoms. The molecule has 0 amide bonds. The molecule has 1 aliphatic heterocycles. The number of carbonyl (C=O) groups excluding carboxylic acids is 1. The minimum Gasteiger partial charge on any atom is -0.508 e. The van der Waals surface area contributed by atoms with Crippen LogP contribution in [0.15, 0.2) is 44.8 Å². The van der Waals surface area contributed by atoms with E-state index in [0.717, 1.165) is 19.3 Å². The van der Waals surface area contributed by atoms with Crippen LogP contribution in [0.25, 0.3) is 0 Å². The van der Waals surface area contributed by atoms with Gasteiger partial charge in [0.1, 0.15) is 17.1 Å². The lowest BCUT2D eigenvalue weighted by molar-refractivity contribution is -0.139. The second-order valence-electron chi connectivity index (χ2n) is 8.19. The molecule has 170 valence electrons. The molecule has 2 aliphatic rings. The Balaban J connectivity index is 1.95. The normalized spacial score (nSPS) is 19.8. The van der Waals surface area contributed by atoms with Crippen molar-refractivity contribution in [3.63, 3.8) is 0 Å². The van der Waals surface area contributed by atoms with Crippen molar-refractivity contribution in [1.29, 1.82) is 0 Å². The molecule has 4 rings (SSSR count). The Morgan fingerprint density at radius 1 is 1.28 bits per heavy atom. The fraction of sp³-hybridized carbons (Fsp3) is 0.417. The molecule has 8 heteroatoms. The first-order valence-electron chi connectivity index (χ1n) is 10.7. The van der Waals surface area contributed by atoms with Gasteiger partial charge in [0, 0.05) is 0 Å². The molecule has 0 radical (unpaired) electrons. The number of rotatable bonds is 4. The van der Waals surface area contributed by atoms with Gasteiger partial charge in [-0.15, -0.1) is 0 Å². The van der Waals surface area contributed by atoms with Crippen LogP contribution >= 0.6 is 22.6 Å². The number of ether oxygens (including phenoxy) is 2. The number of halogens is 1. The molecule has 0 bridgehead atoms. The smallest absolute Gasteiger partial charge is 0.344 e. The first-order chi connectivity index (χ1) is 15.3. The second kappa shape index (κ2) is 8.90. The standard InChI is InChI=1S/C24H25IO7/c1-3-30-22(27)16-13(2)31-20-18(17(16)14-8-7-9-15(26)12-14)23(28)32-21(19(20)25)24(29)10-5-4-6-11-24/h7-9,12,17,26,29H,3-6,10-11H2,1-2H3. The highest BCUT2D eigenvalue weighted by Gasteiger charge is 2.43. The number of fused-ring (bicyclic) bond motifs is 1. The highest BCUT2D eigenvalue weighted by atomic mass is 127. The first-order valence-corrected chi connectivity index (χ1v) is 11.8. The molecule has 2 N–H and O–H groups in total. The number of phenols is 1. The molecule has 32 heavy (non-hydrogen) atoms. The topological polar surface area (TPSA) is 106 Å². The van der Waals surface area contributed by atoms with Gasteiger partial charge in [0.05, 0.1) is 27.2 Å². The van der Waals surface area contributed by atoms with Crippen LogP contribution < -0.4 is 10.4 Å². The Morgan fingerprint density at radius 3 is 2.66 bits per heavy atom. The molecule has 0 saturated heterocycles. The molecule has 2 heterocycles. The van der Waals surface area contributed by atoms with Crippen LogP contribution in [0.1, 0.15) is 68.8 Å². The van der Waals surface area contributed by atoms with Gasteiger partial charge in [-0.2, -0.15) is 0 Å². The number of aliphatic hydroxyl groups is 1. The van der Waals surface area contributed by atoms with E-state index in [1.807, 2.05) is 22.6 Å². The number of carbonyl (C=O) groups is 1. The third-order valence-corrected chi connectivity index (χ3v) is 7.05. The summed E-state index contributed by atoms with van der Waals surface area (Å²) < 4.78 is 17.5. The summed E-state index contributed by atoms with van der Waals surface area (Å²) in [6.45, 7) is 3.50. The maximum Gasteiger partial charge on any atom is 0.344 e. The molecule has 1 aromatic heterocycles. The van der Waals surface area contributed by atoms with Crippen molar-refractivity contribution in [3.05, 3.63) is 66.5 Å². The predicted octanol–water partition coefficient (Wildman–Crippen LogP) is 4.46. The maximum atomic E-state index is 13.3. The Kier molecular flexibility index (Phi) is 6.35. The van der Waals surface area contributed by atoms with E-state index < -0.39 is 23.1 Å². The fourth-order valence-corrected chi connectivity index (χ4v) is 5.59. The lowest BCUT2D eigenvalue weighted by Crippen LogP contribution is -2.34. The molecule has 1 saturated carbocycles. The molecule has 7 nitrogen and oxygen atoms in total. The number of esters is 1. The lowest BCUT2D eigenvalue weighted by Gasteiger charge is -2.34. The number of aromatic hydroxyl groups is 1. The Bertz CT molecular complexity index is 1140. The van der Waals surface area contributed by atoms with E-state index in [4.69, 9.17) is 13.9 Å². The van der Waals surface area contributed by atoms with Gasteiger partial charge in [0.2, 0.25) is 0 Å². The van der Waals surface area contributed by atoms with E-state index in [0.29, 0.717) is 27.7 Å². The van der Waals surface area contributed by atoms with Crippen molar-refractivity contribution in [1.82, 2.24) is 0 Å². The molecule has 1 unspecified atom stereocenters. The van der Waals surface area contributed by atoms with Gasteiger partial charge in [-0.1, -0.05) is 31.4 Å². The van der Waals surface area contributed by atoms with Crippen LogP contribution in [0.4, 0.5) is 0 Å². The van der Waals surface area contributed by atoms with E-state index in [-0.39, 0.29) is 35.0 Å². The number of hydrogen-bond acceptors (Lipinski definition) is 7. The molecule has 2 aromatic rings. The summed E-state index contributed by atoms with van der Waals surface area (Å²) in [6, 6.07) is 6.38. The molecular formula is C24H25IO7. The van der Waals surface area contributed by atoms with E-state index in [2.05, 4.69) is 0 Å². The molecule has 1 aliphatic carbocycles. The van der Waals surface area contributed by atoms with Crippen LogP contribution in [-0.4, -0.2) is 22.8 Å². The van der Waals surface area contributed by atoms with Gasteiger partial charge >= 0.3 is 11.6 Å². The highest BCUT2D eigenvalue weighted by molar-refractivity contribution is 14.1. The third-order valence-electron chi connectivity index (χ3n) is 6.07. The van der Waals surface area contributed by atoms with Crippen LogP contribution in [0.3, 0.4) is 0 Å².